The maximum absolute atomic E-state index is 13.0. The zero-order valence-corrected chi connectivity index (χ0v) is 18.5. The van der Waals surface area contributed by atoms with Gasteiger partial charge in [-0.3, -0.25) is 4.79 Å². The van der Waals surface area contributed by atoms with Gasteiger partial charge in [0.15, 0.2) is 5.13 Å². The highest BCUT2D eigenvalue weighted by molar-refractivity contribution is 7.22. The summed E-state index contributed by atoms with van der Waals surface area (Å²) in [6, 6.07) is 11.9. The summed E-state index contributed by atoms with van der Waals surface area (Å²) < 4.78 is 7.56. The van der Waals surface area contributed by atoms with Gasteiger partial charge in [0.25, 0.3) is 0 Å². The predicted molar refractivity (Wildman–Crippen MR) is 124 cm³/mol. The van der Waals surface area contributed by atoms with Crippen LogP contribution in [-0.4, -0.2) is 36.1 Å². The van der Waals surface area contributed by atoms with Crippen molar-refractivity contribution in [3.05, 3.63) is 41.4 Å². The summed E-state index contributed by atoms with van der Waals surface area (Å²) in [6.07, 6.45) is 1.86. The number of fused-ring (bicyclic) bond motifs is 2. The van der Waals surface area contributed by atoms with Crippen molar-refractivity contribution >= 4 is 59.8 Å². The van der Waals surface area contributed by atoms with Crippen molar-refractivity contribution in [3.63, 3.8) is 0 Å². The highest BCUT2D eigenvalue weighted by Crippen LogP contribution is 2.34. The molecule has 1 N–H and O–H groups in total. The molecule has 3 heterocycles. The molecule has 0 bridgehead atoms. The minimum atomic E-state index is -0.0619. The van der Waals surface area contributed by atoms with Gasteiger partial charge in [0.2, 0.25) is 5.91 Å². The summed E-state index contributed by atoms with van der Waals surface area (Å²) in [6.45, 7) is 3.60. The summed E-state index contributed by atoms with van der Waals surface area (Å²) in [4.78, 5) is 24.5. The van der Waals surface area contributed by atoms with Crippen LogP contribution in [0.5, 0.6) is 5.75 Å². The van der Waals surface area contributed by atoms with Gasteiger partial charge in [-0.1, -0.05) is 11.3 Å². The Balaban J connectivity index is 1.31. The molecule has 4 aromatic rings. The van der Waals surface area contributed by atoms with Crippen LogP contribution in [0.1, 0.15) is 17.8 Å². The van der Waals surface area contributed by atoms with E-state index >= 15 is 0 Å². The Hall–Kier alpha value is -2.71. The van der Waals surface area contributed by atoms with E-state index in [-0.39, 0.29) is 11.8 Å². The number of benzene rings is 2. The number of methoxy groups -OCH3 is 1. The molecule has 0 saturated carbocycles. The molecule has 1 atom stereocenters. The van der Waals surface area contributed by atoms with Gasteiger partial charge in [-0.15, -0.1) is 11.3 Å². The summed E-state index contributed by atoms with van der Waals surface area (Å²) in [5.41, 5.74) is 2.71. The minimum Gasteiger partial charge on any atom is -0.497 e. The Bertz CT molecular complexity index is 1230. The van der Waals surface area contributed by atoms with Crippen LogP contribution in [-0.2, 0) is 4.79 Å². The lowest BCUT2D eigenvalue weighted by Crippen LogP contribution is -2.40. The first-order valence-electron chi connectivity index (χ1n) is 9.96. The molecule has 154 valence electrons. The third kappa shape index (κ3) is 3.73. The van der Waals surface area contributed by atoms with E-state index in [2.05, 4.69) is 15.2 Å². The van der Waals surface area contributed by atoms with Crippen molar-refractivity contribution in [2.45, 2.75) is 19.8 Å². The van der Waals surface area contributed by atoms with Crippen LogP contribution in [0.25, 0.3) is 20.4 Å². The zero-order valence-electron chi connectivity index (χ0n) is 16.8. The van der Waals surface area contributed by atoms with Crippen LogP contribution in [0, 0.1) is 12.8 Å². The summed E-state index contributed by atoms with van der Waals surface area (Å²) in [5, 5.41) is 5.09. The van der Waals surface area contributed by atoms with Gasteiger partial charge in [-0.25, -0.2) is 9.97 Å². The summed E-state index contributed by atoms with van der Waals surface area (Å²) in [7, 11) is 1.67. The Kier molecular flexibility index (Phi) is 5.04. The van der Waals surface area contributed by atoms with E-state index in [1.54, 1.807) is 29.8 Å². The molecule has 2 aromatic carbocycles. The highest BCUT2D eigenvalue weighted by atomic mass is 32.1. The maximum atomic E-state index is 13.0. The van der Waals surface area contributed by atoms with E-state index in [4.69, 9.17) is 9.72 Å². The molecule has 5 rings (SSSR count). The maximum Gasteiger partial charge on any atom is 0.229 e. The Morgan fingerprint density at radius 3 is 2.90 bits per heavy atom. The number of amides is 1. The first-order valence-corrected chi connectivity index (χ1v) is 11.6. The van der Waals surface area contributed by atoms with Crippen molar-refractivity contribution in [2.75, 3.05) is 30.4 Å². The van der Waals surface area contributed by atoms with Crippen LogP contribution in [0.4, 0.5) is 10.8 Å². The summed E-state index contributed by atoms with van der Waals surface area (Å²) >= 11 is 3.32. The third-order valence-electron chi connectivity index (χ3n) is 5.41. The number of nitrogens with one attached hydrogen (secondary N) is 1. The zero-order chi connectivity index (χ0) is 20.7. The first kappa shape index (κ1) is 19.3. The van der Waals surface area contributed by atoms with E-state index in [1.165, 1.54) is 0 Å². The number of piperidine rings is 1. The number of aryl methyl sites for hydroxylation is 1. The highest BCUT2D eigenvalue weighted by Gasteiger charge is 2.27. The number of rotatable bonds is 4. The molecule has 1 fully saturated rings. The van der Waals surface area contributed by atoms with Crippen LogP contribution < -0.4 is 15.0 Å². The topological polar surface area (TPSA) is 67.3 Å². The molecule has 2 aromatic heterocycles. The molecular formula is C22H22N4O2S2. The number of ether oxygens (including phenoxy) is 1. The number of hydrogen-bond acceptors (Lipinski definition) is 7. The lowest BCUT2D eigenvalue weighted by atomic mass is 9.97. The molecular weight excluding hydrogens is 416 g/mol. The third-order valence-corrected chi connectivity index (χ3v) is 7.44. The Morgan fingerprint density at radius 1 is 1.13 bits per heavy atom. The van der Waals surface area contributed by atoms with Crippen molar-refractivity contribution in [1.29, 1.82) is 0 Å². The second-order valence-corrected chi connectivity index (χ2v) is 9.76. The van der Waals surface area contributed by atoms with E-state index in [0.29, 0.717) is 6.54 Å². The molecule has 1 amide bonds. The number of thiazole rings is 2. The lowest BCUT2D eigenvalue weighted by molar-refractivity contribution is -0.120. The average molecular weight is 439 g/mol. The van der Waals surface area contributed by atoms with E-state index in [9.17, 15) is 4.79 Å². The first-order chi connectivity index (χ1) is 14.6. The largest absolute Gasteiger partial charge is 0.497 e. The van der Waals surface area contributed by atoms with E-state index in [1.807, 2.05) is 43.3 Å². The minimum absolute atomic E-state index is 0.0619. The molecule has 6 nitrogen and oxygen atoms in total. The SMILES string of the molecule is COc1ccc2nc(N3CCCC(C(=O)Nc4ccc5sc(C)nc5c4)C3)sc2c1. The quantitative estimate of drug-likeness (QED) is 0.481. The fourth-order valence-electron chi connectivity index (χ4n) is 3.88. The second kappa shape index (κ2) is 7.85. The van der Waals surface area contributed by atoms with Gasteiger partial charge in [-0.2, -0.15) is 0 Å². The molecule has 1 aliphatic heterocycles. The molecule has 0 radical (unpaired) electrons. The van der Waals surface area contributed by atoms with Crippen molar-refractivity contribution in [1.82, 2.24) is 9.97 Å². The normalized spacial score (nSPS) is 16.9. The lowest BCUT2D eigenvalue weighted by Gasteiger charge is -2.31. The molecule has 30 heavy (non-hydrogen) atoms. The van der Waals surface area contributed by atoms with Crippen LogP contribution >= 0.6 is 22.7 Å². The van der Waals surface area contributed by atoms with Gasteiger partial charge in [0.1, 0.15) is 5.75 Å². The number of carbonyl (C=O) groups excluding carboxylic acids is 1. The number of nitrogens with zero attached hydrogens (tertiary/aromatic N) is 3. The van der Waals surface area contributed by atoms with Gasteiger partial charge in [0.05, 0.1) is 38.5 Å². The van der Waals surface area contributed by atoms with Crippen LogP contribution in [0.15, 0.2) is 36.4 Å². The molecule has 8 heteroatoms. The Morgan fingerprint density at radius 2 is 2.03 bits per heavy atom. The van der Waals surface area contributed by atoms with E-state index in [0.717, 1.165) is 61.4 Å². The number of anilines is 2. The molecule has 1 unspecified atom stereocenters. The fraction of sp³-hybridized carbons (Fsp3) is 0.318. The van der Waals surface area contributed by atoms with Gasteiger partial charge >= 0.3 is 0 Å². The summed E-state index contributed by atoms with van der Waals surface area (Å²) in [5.74, 6) is 0.836. The van der Waals surface area contributed by atoms with Crippen LogP contribution in [0.2, 0.25) is 0 Å². The number of aromatic nitrogens is 2. The van der Waals surface area contributed by atoms with E-state index < -0.39 is 0 Å². The van der Waals surface area contributed by atoms with Gasteiger partial charge < -0.3 is 15.0 Å². The van der Waals surface area contributed by atoms with Crippen molar-refractivity contribution in [2.24, 2.45) is 5.92 Å². The average Bonchev–Trinajstić information content (AvgIpc) is 3.35. The second-order valence-electron chi connectivity index (χ2n) is 7.52. The van der Waals surface area contributed by atoms with Crippen molar-refractivity contribution in [3.8, 4) is 5.75 Å². The van der Waals surface area contributed by atoms with Crippen LogP contribution in [0.3, 0.4) is 0 Å². The van der Waals surface area contributed by atoms with Crippen molar-refractivity contribution < 1.29 is 9.53 Å². The molecule has 0 spiro atoms. The number of carbonyl (C=O) groups is 1. The Labute approximate surface area is 182 Å². The van der Waals surface area contributed by atoms with Gasteiger partial charge in [-0.05, 0) is 56.2 Å². The smallest absolute Gasteiger partial charge is 0.229 e. The standard InChI is InChI=1S/C22H22N4O2S2/c1-13-23-18-10-15(5-8-19(18)29-13)24-21(27)14-4-3-9-26(12-14)22-25-17-7-6-16(28-2)11-20(17)30-22/h5-8,10-11,14H,3-4,9,12H2,1-2H3,(H,24,27). The molecule has 1 aliphatic rings. The fourth-order valence-corrected chi connectivity index (χ4v) is 5.72. The van der Waals surface area contributed by atoms with Gasteiger partial charge in [0, 0.05) is 18.8 Å². The number of hydrogen-bond donors (Lipinski definition) is 1. The monoisotopic (exact) mass is 438 g/mol. The molecule has 0 aliphatic carbocycles. The molecule has 1 saturated heterocycles. The predicted octanol–water partition coefficient (Wildman–Crippen LogP) is 5.08.